The topological polar surface area (TPSA) is 49.8 Å². The largest absolute Gasteiger partial charge is 0.481 e. The maximum absolute atomic E-state index is 5.27. The van der Waals surface area contributed by atoms with Crippen LogP contribution >= 0.6 is 15.9 Å². The normalized spacial score (nSPS) is 11.2. The van der Waals surface area contributed by atoms with Crippen molar-refractivity contribution in [3.63, 3.8) is 0 Å². The lowest BCUT2D eigenvalue weighted by atomic mass is 10.2. The first-order chi connectivity index (χ1) is 11.1. The fourth-order valence-corrected chi connectivity index (χ4v) is 2.50. The van der Waals surface area contributed by atoms with Gasteiger partial charge in [0.2, 0.25) is 5.88 Å². The van der Waals surface area contributed by atoms with E-state index in [1.165, 1.54) is 5.56 Å². The van der Waals surface area contributed by atoms with Gasteiger partial charge in [-0.1, -0.05) is 34.1 Å². The van der Waals surface area contributed by atoms with Crippen LogP contribution in [-0.2, 0) is 13.1 Å². The van der Waals surface area contributed by atoms with Crippen molar-refractivity contribution >= 4 is 21.9 Å². The van der Waals surface area contributed by atoms with Crippen LogP contribution in [-0.4, -0.2) is 37.0 Å². The van der Waals surface area contributed by atoms with Crippen molar-refractivity contribution in [1.29, 1.82) is 0 Å². The molecule has 1 heterocycles. The summed E-state index contributed by atoms with van der Waals surface area (Å²) in [6, 6.07) is 12.2. The summed E-state index contributed by atoms with van der Waals surface area (Å²) < 4.78 is 6.35. The molecule has 0 aliphatic heterocycles. The highest BCUT2D eigenvalue weighted by Gasteiger charge is 2.09. The minimum atomic E-state index is 0.606. The van der Waals surface area contributed by atoms with Crippen LogP contribution in [0.2, 0.25) is 0 Å². The molecule has 0 atom stereocenters. The monoisotopic (exact) mass is 376 g/mol. The van der Waals surface area contributed by atoms with Gasteiger partial charge in [-0.3, -0.25) is 4.99 Å². The first kappa shape index (κ1) is 17.3. The summed E-state index contributed by atoms with van der Waals surface area (Å²) in [5.41, 5.74) is 2.21. The van der Waals surface area contributed by atoms with Crippen molar-refractivity contribution in [3.8, 4) is 5.88 Å². The van der Waals surface area contributed by atoms with Crippen molar-refractivity contribution in [2.45, 2.75) is 13.1 Å². The van der Waals surface area contributed by atoms with Crippen LogP contribution in [0, 0.1) is 0 Å². The predicted molar refractivity (Wildman–Crippen MR) is 96.6 cm³/mol. The second-order valence-corrected chi connectivity index (χ2v) is 5.97. The Kier molecular flexibility index (Phi) is 6.40. The Hall–Kier alpha value is -2.08. The Labute approximate surface area is 145 Å². The molecule has 0 unspecified atom stereocenters. The van der Waals surface area contributed by atoms with E-state index in [0.29, 0.717) is 12.4 Å². The van der Waals surface area contributed by atoms with Gasteiger partial charge in [0.1, 0.15) is 0 Å². The van der Waals surface area contributed by atoms with E-state index in [0.717, 1.165) is 22.5 Å². The molecule has 1 aromatic heterocycles. The fraction of sp³-hybridized carbons (Fsp3) is 0.294. The minimum absolute atomic E-state index is 0.606. The Balaban J connectivity index is 1.98. The molecular weight excluding hydrogens is 356 g/mol. The van der Waals surface area contributed by atoms with Gasteiger partial charge < -0.3 is 15.0 Å². The number of ether oxygens (including phenoxy) is 1. The Morgan fingerprint density at radius 3 is 2.70 bits per heavy atom. The van der Waals surface area contributed by atoms with Crippen molar-refractivity contribution < 1.29 is 4.74 Å². The van der Waals surface area contributed by atoms with Gasteiger partial charge in [0, 0.05) is 43.4 Å². The maximum Gasteiger partial charge on any atom is 0.218 e. The standard InChI is InChI=1S/C17H21BrN4O/c1-19-17(21-11-14-5-4-10-20-16(14)23-3)22(2)12-13-6-8-15(18)9-7-13/h4-10H,11-12H2,1-3H3,(H,19,21). The van der Waals surface area contributed by atoms with Gasteiger partial charge in [-0.2, -0.15) is 0 Å². The zero-order valence-corrected chi connectivity index (χ0v) is 15.2. The lowest BCUT2D eigenvalue weighted by molar-refractivity contribution is 0.391. The van der Waals surface area contributed by atoms with Crippen LogP contribution in [0.5, 0.6) is 5.88 Å². The number of hydrogen-bond acceptors (Lipinski definition) is 3. The fourth-order valence-electron chi connectivity index (χ4n) is 2.24. The number of aromatic nitrogens is 1. The molecule has 0 amide bonds. The zero-order chi connectivity index (χ0) is 16.7. The molecule has 1 aromatic carbocycles. The predicted octanol–water partition coefficient (Wildman–Crippen LogP) is 3.06. The van der Waals surface area contributed by atoms with E-state index in [4.69, 9.17) is 4.74 Å². The second kappa shape index (κ2) is 8.53. The molecule has 0 aliphatic carbocycles. The highest BCUT2D eigenvalue weighted by molar-refractivity contribution is 9.10. The molecule has 0 spiro atoms. The highest BCUT2D eigenvalue weighted by atomic mass is 79.9. The number of benzene rings is 1. The van der Waals surface area contributed by atoms with E-state index < -0.39 is 0 Å². The van der Waals surface area contributed by atoms with E-state index in [1.54, 1.807) is 20.4 Å². The number of pyridine rings is 1. The number of hydrogen-bond donors (Lipinski definition) is 1. The summed E-state index contributed by atoms with van der Waals surface area (Å²) in [6.07, 6.45) is 1.72. The average molecular weight is 377 g/mol. The summed E-state index contributed by atoms with van der Waals surface area (Å²) in [7, 11) is 5.42. The first-order valence-electron chi connectivity index (χ1n) is 7.28. The molecule has 2 aromatic rings. The molecule has 1 N–H and O–H groups in total. The summed E-state index contributed by atoms with van der Waals surface area (Å²) in [4.78, 5) is 10.6. The number of nitrogens with one attached hydrogen (secondary N) is 1. The number of guanidine groups is 1. The SMILES string of the molecule is CN=C(NCc1cccnc1OC)N(C)Cc1ccc(Br)cc1. The molecular formula is C17H21BrN4O. The van der Waals surface area contributed by atoms with Crippen molar-refractivity contribution in [1.82, 2.24) is 15.2 Å². The van der Waals surface area contributed by atoms with Crippen LogP contribution in [0.25, 0.3) is 0 Å². The van der Waals surface area contributed by atoms with E-state index >= 15 is 0 Å². The molecule has 0 bridgehead atoms. The lowest BCUT2D eigenvalue weighted by Crippen LogP contribution is -2.38. The van der Waals surface area contributed by atoms with Gasteiger partial charge in [-0.25, -0.2) is 4.98 Å². The molecule has 0 saturated heterocycles. The number of rotatable bonds is 5. The summed E-state index contributed by atoms with van der Waals surface area (Å²) in [5, 5.41) is 3.34. The number of halogens is 1. The van der Waals surface area contributed by atoms with Gasteiger partial charge in [-0.05, 0) is 23.8 Å². The molecule has 5 nitrogen and oxygen atoms in total. The van der Waals surface area contributed by atoms with Gasteiger partial charge in [0.05, 0.1) is 7.11 Å². The van der Waals surface area contributed by atoms with Crippen molar-refractivity contribution in [2.75, 3.05) is 21.2 Å². The minimum Gasteiger partial charge on any atom is -0.481 e. The van der Waals surface area contributed by atoms with Gasteiger partial charge in [0.15, 0.2) is 5.96 Å². The van der Waals surface area contributed by atoms with Crippen LogP contribution in [0.1, 0.15) is 11.1 Å². The van der Waals surface area contributed by atoms with Gasteiger partial charge >= 0.3 is 0 Å². The smallest absolute Gasteiger partial charge is 0.218 e. The van der Waals surface area contributed by atoms with E-state index in [1.807, 2.05) is 31.3 Å². The number of methoxy groups -OCH3 is 1. The van der Waals surface area contributed by atoms with Crippen molar-refractivity contribution in [2.24, 2.45) is 4.99 Å². The number of aliphatic imine (C=N–C) groups is 1. The summed E-state index contributed by atoms with van der Waals surface area (Å²) in [5.74, 6) is 1.45. The lowest BCUT2D eigenvalue weighted by Gasteiger charge is -2.22. The number of nitrogens with zero attached hydrogens (tertiary/aromatic N) is 3. The molecule has 23 heavy (non-hydrogen) atoms. The average Bonchev–Trinajstić information content (AvgIpc) is 2.58. The Bertz CT molecular complexity index is 658. The second-order valence-electron chi connectivity index (χ2n) is 5.06. The maximum atomic E-state index is 5.27. The van der Waals surface area contributed by atoms with Gasteiger partial charge in [-0.15, -0.1) is 0 Å². The van der Waals surface area contributed by atoms with Crippen LogP contribution in [0.4, 0.5) is 0 Å². The van der Waals surface area contributed by atoms with Crippen molar-refractivity contribution in [3.05, 3.63) is 58.2 Å². The molecule has 0 saturated carbocycles. The highest BCUT2D eigenvalue weighted by Crippen LogP contribution is 2.14. The third-order valence-corrected chi connectivity index (χ3v) is 3.92. The molecule has 6 heteroatoms. The summed E-state index contributed by atoms with van der Waals surface area (Å²) in [6.45, 7) is 1.38. The quantitative estimate of drug-likeness (QED) is 0.643. The molecule has 0 radical (unpaired) electrons. The van der Waals surface area contributed by atoms with E-state index in [2.05, 4.69) is 48.3 Å². The Morgan fingerprint density at radius 2 is 2.04 bits per heavy atom. The first-order valence-corrected chi connectivity index (χ1v) is 8.07. The van der Waals surface area contributed by atoms with E-state index in [9.17, 15) is 0 Å². The van der Waals surface area contributed by atoms with Crippen LogP contribution < -0.4 is 10.1 Å². The third-order valence-electron chi connectivity index (χ3n) is 3.39. The zero-order valence-electron chi connectivity index (χ0n) is 13.6. The van der Waals surface area contributed by atoms with Gasteiger partial charge in [0.25, 0.3) is 0 Å². The molecule has 0 aliphatic rings. The Morgan fingerprint density at radius 1 is 1.30 bits per heavy atom. The van der Waals surface area contributed by atoms with Crippen LogP contribution in [0.3, 0.4) is 0 Å². The van der Waals surface area contributed by atoms with Crippen LogP contribution in [0.15, 0.2) is 52.1 Å². The summed E-state index contributed by atoms with van der Waals surface area (Å²) >= 11 is 3.45. The van der Waals surface area contributed by atoms with E-state index in [-0.39, 0.29) is 0 Å². The molecule has 0 fully saturated rings. The third kappa shape index (κ3) is 4.96. The molecule has 2 rings (SSSR count). The molecule has 122 valence electrons.